The summed E-state index contributed by atoms with van der Waals surface area (Å²) in [7, 11) is 0. The van der Waals surface area contributed by atoms with Gasteiger partial charge in [0, 0.05) is 18.7 Å². The molecule has 1 aliphatic carbocycles. The number of carbonyl (C=O) groups is 1. The van der Waals surface area contributed by atoms with Gasteiger partial charge in [-0.1, -0.05) is 55.8 Å². The number of rotatable bonds is 9. The molecule has 1 saturated carbocycles. The molecule has 1 aliphatic rings. The van der Waals surface area contributed by atoms with Crippen LogP contribution >= 0.6 is 0 Å². The van der Waals surface area contributed by atoms with Crippen LogP contribution in [0.1, 0.15) is 64.9 Å². The predicted molar refractivity (Wildman–Crippen MR) is 127 cm³/mol. The lowest BCUT2D eigenvalue weighted by Crippen LogP contribution is -2.27. The smallest absolute Gasteiger partial charge is 0.335 e. The minimum Gasteiger partial charge on any atom is -0.378 e. The van der Waals surface area contributed by atoms with E-state index in [0.717, 1.165) is 18.4 Å². The third kappa shape index (κ3) is 12.4. The molecule has 1 aromatic carbocycles. The number of nitrogens with two attached hydrogens (primary N) is 1. The maximum Gasteiger partial charge on any atom is 0.335 e. The molecule has 1 unspecified atom stereocenters. The number of benzene rings is 1. The monoisotopic (exact) mass is 450 g/mol. The molecule has 0 radical (unpaired) electrons. The van der Waals surface area contributed by atoms with Crippen molar-refractivity contribution in [2.75, 3.05) is 13.2 Å². The quantitative estimate of drug-likeness (QED) is 0.433. The van der Waals surface area contributed by atoms with Gasteiger partial charge in [-0.3, -0.25) is 4.79 Å². The summed E-state index contributed by atoms with van der Waals surface area (Å²) in [5.74, 6) is 0.877. The van der Waals surface area contributed by atoms with Crippen LogP contribution < -0.4 is 11.1 Å². The van der Waals surface area contributed by atoms with Gasteiger partial charge in [-0.25, -0.2) is 0 Å². The molecule has 3 N–H and O–H groups in total. The van der Waals surface area contributed by atoms with Crippen LogP contribution in [0.4, 0.5) is 0 Å². The van der Waals surface area contributed by atoms with E-state index in [1.807, 2.05) is 20.8 Å². The highest BCUT2D eigenvalue weighted by molar-refractivity contribution is 7.51. The zero-order chi connectivity index (χ0) is 23.5. The number of carbonyl (C=O) groups excluding carboxylic acids is 1. The van der Waals surface area contributed by atoms with Crippen LogP contribution in [0.5, 0.6) is 0 Å². The molecule has 31 heavy (non-hydrogen) atoms. The van der Waals surface area contributed by atoms with E-state index in [0.29, 0.717) is 31.6 Å². The van der Waals surface area contributed by atoms with E-state index < -0.39 is 11.6 Å². The van der Waals surface area contributed by atoms with Crippen molar-refractivity contribution in [2.45, 2.75) is 65.4 Å². The minimum atomic E-state index is -0.750. The Balaban J connectivity index is 0.00000165. The summed E-state index contributed by atoms with van der Waals surface area (Å²) in [5.41, 5.74) is 9.59. The zero-order valence-corrected chi connectivity index (χ0v) is 20.0. The van der Waals surface area contributed by atoms with Gasteiger partial charge in [0.2, 0.25) is 6.41 Å². The van der Waals surface area contributed by atoms with Crippen molar-refractivity contribution >= 4 is 18.0 Å². The molecule has 2 rings (SSSR count). The van der Waals surface area contributed by atoms with Crippen molar-refractivity contribution < 1.29 is 17.9 Å². The second kappa shape index (κ2) is 18.7. The standard InChI is InChI=1S/C22H32N2O2.C2H6.O2S/c1-17(14-24-16-25)12-18(2)21(13-23)15-26-22-10-8-20(9-11-22)19-6-4-3-5-7-19;1-2;1-3-2/h3-7,12,14,16,20-22H,8-11,13,15,23H2,1-2H3,(H,24,25);1-2H3;/b17-14-,18-12+;;. The SMILES string of the molecule is CC.CC(=C/NC=O)/C=C(\C)C(CN)COC1CCC(c2ccccc2)CC1.O=S=O. The Morgan fingerprint density at radius 2 is 1.74 bits per heavy atom. The molecule has 0 bridgehead atoms. The lowest BCUT2D eigenvalue weighted by molar-refractivity contribution is -0.108. The number of nitrogens with one attached hydrogen (secondary N) is 1. The molecule has 1 fully saturated rings. The van der Waals surface area contributed by atoms with Crippen LogP contribution in [0.2, 0.25) is 0 Å². The molecule has 174 valence electrons. The summed E-state index contributed by atoms with van der Waals surface area (Å²) in [4.78, 5) is 10.4. The van der Waals surface area contributed by atoms with E-state index in [1.54, 1.807) is 6.20 Å². The average Bonchev–Trinajstić information content (AvgIpc) is 2.81. The maximum atomic E-state index is 10.4. The van der Waals surface area contributed by atoms with E-state index in [2.05, 4.69) is 48.6 Å². The second-order valence-electron chi connectivity index (χ2n) is 7.28. The fourth-order valence-corrected chi connectivity index (χ4v) is 3.61. The van der Waals surface area contributed by atoms with Gasteiger partial charge >= 0.3 is 11.6 Å². The van der Waals surface area contributed by atoms with Crippen LogP contribution in [0, 0.1) is 5.92 Å². The summed E-state index contributed by atoms with van der Waals surface area (Å²) >= 11 is -0.750. The first-order valence-electron chi connectivity index (χ1n) is 10.9. The van der Waals surface area contributed by atoms with E-state index >= 15 is 0 Å². The molecule has 1 aromatic rings. The molecule has 0 aromatic heterocycles. The first-order chi connectivity index (χ1) is 15.0. The van der Waals surface area contributed by atoms with Crippen molar-refractivity contribution in [3.8, 4) is 0 Å². The van der Waals surface area contributed by atoms with Gasteiger partial charge in [0.15, 0.2) is 0 Å². The number of ether oxygens (including phenoxy) is 1. The number of amides is 1. The molecule has 7 heteroatoms. The van der Waals surface area contributed by atoms with Gasteiger partial charge < -0.3 is 15.8 Å². The Morgan fingerprint density at radius 1 is 1.16 bits per heavy atom. The average molecular weight is 451 g/mol. The van der Waals surface area contributed by atoms with Gasteiger partial charge in [0.25, 0.3) is 0 Å². The van der Waals surface area contributed by atoms with E-state index in [1.165, 1.54) is 24.0 Å². The van der Waals surface area contributed by atoms with E-state index in [9.17, 15) is 4.79 Å². The predicted octanol–water partition coefficient (Wildman–Crippen LogP) is 4.26. The van der Waals surface area contributed by atoms with Crippen molar-refractivity contribution in [1.82, 2.24) is 5.32 Å². The Hall–Kier alpha value is -2.09. The van der Waals surface area contributed by atoms with Crippen molar-refractivity contribution in [3.05, 3.63) is 59.3 Å². The summed E-state index contributed by atoms with van der Waals surface area (Å²) in [6.45, 7) is 9.26. The molecule has 0 spiro atoms. The van der Waals surface area contributed by atoms with Gasteiger partial charge in [-0.05, 0) is 56.6 Å². The van der Waals surface area contributed by atoms with Gasteiger partial charge in [-0.2, -0.15) is 8.42 Å². The van der Waals surface area contributed by atoms with Crippen LogP contribution in [0.3, 0.4) is 0 Å². The van der Waals surface area contributed by atoms with Crippen LogP contribution in [0.15, 0.2) is 53.8 Å². The summed E-state index contributed by atoms with van der Waals surface area (Å²) in [5, 5.41) is 2.56. The van der Waals surface area contributed by atoms with E-state index in [-0.39, 0.29) is 5.92 Å². The van der Waals surface area contributed by atoms with Crippen LogP contribution in [-0.2, 0) is 21.1 Å². The first-order valence-corrected chi connectivity index (χ1v) is 11.5. The number of hydrogen-bond donors (Lipinski definition) is 2. The largest absolute Gasteiger partial charge is 0.378 e. The fraction of sp³-hybridized carbons (Fsp3) is 0.542. The van der Waals surface area contributed by atoms with Crippen LogP contribution in [-0.4, -0.2) is 34.1 Å². The maximum absolute atomic E-state index is 10.4. The summed E-state index contributed by atoms with van der Waals surface area (Å²) in [6.07, 6.45) is 9.36. The highest BCUT2D eigenvalue weighted by Gasteiger charge is 2.23. The Bertz CT molecular complexity index is 693. The highest BCUT2D eigenvalue weighted by Crippen LogP contribution is 2.34. The highest BCUT2D eigenvalue weighted by atomic mass is 32.1. The molecular formula is C24H38N2O4S. The summed E-state index contributed by atoms with van der Waals surface area (Å²) in [6, 6.07) is 10.8. The second-order valence-corrected chi connectivity index (χ2v) is 7.42. The molecular weight excluding hydrogens is 412 g/mol. The van der Waals surface area contributed by atoms with Crippen molar-refractivity contribution in [1.29, 1.82) is 0 Å². The molecule has 0 heterocycles. The lowest BCUT2D eigenvalue weighted by Gasteiger charge is -2.30. The van der Waals surface area contributed by atoms with Gasteiger partial charge in [0.1, 0.15) is 0 Å². The third-order valence-corrected chi connectivity index (χ3v) is 5.24. The fourth-order valence-electron chi connectivity index (χ4n) is 3.61. The molecule has 1 atom stereocenters. The van der Waals surface area contributed by atoms with Crippen molar-refractivity contribution in [3.63, 3.8) is 0 Å². The zero-order valence-electron chi connectivity index (χ0n) is 19.2. The van der Waals surface area contributed by atoms with Crippen LogP contribution in [0.25, 0.3) is 0 Å². The Morgan fingerprint density at radius 3 is 2.26 bits per heavy atom. The summed E-state index contributed by atoms with van der Waals surface area (Å²) < 4.78 is 22.8. The first kappa shape index (κ1) is 28.9. The minimum absolute atomic E-state index is 0.210. The number of hydrogen-bond acceptors (Lipinski definition) is 5. The van der Waals surface area contributed by atoms with E-state index in [4.69, 9.17) is 18.9 Å². The molecule has 0 saturated heterocycles. The lowest BCUT2D eigenvalue weighted by atomic mass is 9.83. The molecule has 0 aliphatic heterocycles. The normalized spacial score (nSPS) is 19.6. The molecule has 1 amide bonds. The van der Waals surface area contributed by atoms with Gasteiger partial charge in [0.05, 0.1) is 12.7 Å². The molecule has 6 nitrogen and oxygen atoms in total. The Labute approximate surface area is 190 Å². The van der Waals surface area contributed by atoms with Gasteiger partial charge in [-0.15, -0.1) is 0 Å². The third-order valence-electron chi connectivity index (χ3n) is 5.24. The number of allylic oxidation sites excluding steroid dienone is 2. The topological polar surface area (TPSA) is 98.5 Å². The van der Waals surface area contributed by atoms with Crippen molar-refractivity contribution in [2.24, 2.45) is 11.7 Å². The Kier molecular flexibility index (Phi) is 17.4.